The highest BCUT2D eigenvalue weighted by Crippen LogP contribution is 2.28. The van der Waals surface area contributed by atoms with Crippen molar-refractivity contribution in [3.8, 4) is 0 Å². The van der Waals surface area contributed by atoms with E-state index in [1.807, 2.05) is 6.20 Å². The summed E-state index contributed by atoms with van der Waals surface area (Å²) in [7, 11) is 0. The van der Waals surface area contributed by atoms with Gasteiger partial charge in [0.15, 0.2) is 0 Å². The Bertz CT molecular complexity index is 755. The number of nitrogens with zero attached hydrogens (tertiary/aromatic N) is 2. The van der Waals surface area contributed by atoms with Crippen LogP contribution in [-0.4, -0.2) is 23.0 Å². The summed E-state index contributed by atoms with van der Waals surface area (Å²) in [5.74, 6) is 0.266. The van der Waals surface area contributed by atoms with Gasteiger partial charge in [0, 0.05) is 53.5 Å². The molecule has 0 bridgehead atoms. The van der Waals surface area contributed by atoms with Gasteiger partial charge in [0.05, 0.1) is 0 Å². The van der Waals surface area contributed by atoms with E-state index in [1.54, 1.807) is 6.20 Å². The van der Waals surface area contributed by atoms with Crippen LogP contribution in [0.2, 0.25) is 0 Å². The van der Waals surface area contributed by atoms with Crippen LogP contribution in [0.4, 0.5) is 8.78 Å². The van der Waals surface area contributed by atoms with E-state index >= 15 is 0 Å². The molecule has 1 fully saturated rings. The average molecular weight is 360 g/mol. The lowest BCUT2D eigenvalue weighted by Crippen LogP contribution is -2.31. The van der Waals surface area contributed by atoms with Crippen molar-refractivity contribution in [3.05, 3.63) is 66.0 Å². The number of pyridine rings is 1. The first-order valence-corrected chi connectivity index (χ1v) is 9.47. The molecule has 0 atom stereocenters. The molecule has 1 saturated heterocycles. The third-order valence-electron chi connectivity index (χ3n) is 4.58. The Kier molecular flexibility index (Phi) is 5.74. The summed E-state index contributed by atoms with van der Waals surface area (Å²) in [5, 5.41) is 0. The molecule has 3 rings (SSSR count). The normalized spacial score (nSPS) is 15.4. The van der Waals surface area contributed by atoms with Crippen molar-refractivity contribution in [2.75, 3.05) is 13.1 Å². The Morgan fingerprint density at radius 2 is 2.00 bits per heavy atom. The van der Waals surface area contributed by atoms with Gasteiger partial charge >= 0.3 is 0 Å². The zero-order valence-corrected chi connectivity index (χ0v) is 15.2. The van der Waals surface area contributed by atoms with E-state index in [9.17, 15) is 8.78 Å². The lowest BCUT2D eigenvalue weighted by Gasteiger charge is -2.33. The maximum Gasteiger partial charge on any atom is 0.139 e. The van der Waals surface area contributed by atoms with E-state index in [0.29, 0.717) is 10.6 Å². The lowest BCUT2D eigenvalue weighted by atomic mass is 9.98. The van der Waals surface area contributed by atoms with Gasteiger partial charge in [-0.25, -0.2) is 8.78 Å². The molecule has 2 nitrogen and oxygen atoms in total. The van der Waals surface area contributed by atoms with Crippen LogP contribution in [0.5, 0.6) is 0 Å². The van der Waals surface area contributed by atoms with Crippen molar-refractivity contribution in [2.24, 2.45) is 5.92 Å². The van der Waals surface area contributed by atoms with Gasteiger partial charge in [-0.3, -0.25) is 4.98 Å². The molecule has 1 aromatic heterocycles. The van der Waals surface area contributed by atoms with E-state index in [0.717, 1.165) is 41.9 Å². The van der Waals surface area contributed by atoms with Crippen molar-refractivity contribution in [2.45, 2.75) is 30.4 Å². The summed E-state index contributed by atoms with van der Waals surface area (Å²) in [6.45, 7) is 8.58. The summed E-state index contributed by atoms with van der Waals surface area (Å²) < 4.78 is 26.7. The minimum absolute atomic E-state index is 0.440. The summed E-state index contributed by atoms with van der Waals surface area (Å²) in [4.78, 5) is 7.06. The summed E-state index contributed by atoms with van der Waals surface area (Å²) in [5.41, 5.74) is 3.00. The van der Waals surface area contributed by atoms with Crippen LogP contribution in [0.25, 0.3) is 5.70 Å². The Morgan fingerprint density at radius 3 is 2.72 bits per heavy atom. The van der Waals surface area contributed by atoms with Crippen LogP contribution in [0.1, 0.15) is 30.9 Å². The van der Waals surface area contributed by atoms with Crippen molar-refractivity contribution in [3.63, 3.8) is 0 Å². The fourth-order valence-electron chi connectivity index (χ4n) is 2.94. The molecule has 0 spiro atoms. The molecule has 0 aliphatic carbocycles. The maximum atomic E-state index is 13.7. The summed E-state index contributed by atoms with van der Waals surface area (Å²) in [6.07, 6.45) is 5.98. The van der Waals surface area contributed by atoms with Gasteiger partial charge in [0.1, 0.15) is 11.6 Å². The number of benzene rings is 1. The van der Waals surface area contributed by atoms with Crippen LogP contribution in [0.3, 0.4) is 0 Å². The highest BCUT2D eigenvalue weighted by atomic mass is 32.2. The largest absolute Gasteiger partial charge is 0.371 e. The SMILES string of the molecule is C=C(c1cncc(CSc2ccc(F)cc2F)c1)N1CCC(C)CC1. The number of thioether (sulfide) groups is 1. The van der Waals surface area contributed by atoms with E-state index in [2.05, 4.69) is 29.5 Å². The Labute approximate surface area is 152 Å². The number of aromatic nitrogens is 1. The molecule has 0 radical (unpaired) electrons. The van der Waals surface area contributed by atoms with Crippen molar-refractivity contribution < 1.29 is 8.78 Å². The molecule has 2 heterocycles. The smallest absolute Gasteiger partial charge is 0.139 e. The molecule has 0 unspecified atom stereocenters. The molecule has 132 valence electrons. The molecule has 0 saturated carbocycles. The van der Waals surface area contributed by atoms with Crippen LogP contribution in [-0.2, 0) is 5.75 Å². The average Bonchev–Trinajstić information content (AvgIpc) is 2.61. The zero-order valence-electron chi connectivity index (χ0n) is 14.3. The first-order valence-electron chi connectivity index (χ1n) is 8.49. The fourth-order valence-corrected chi connectivity index (χ4v) is 3.78. The second-order valence-corrected chi connectivity index (χ2v) is 7.58. The van der Waals surface area contributed by atoms with Crippen molar-refractivity contribution in [1.82, 2.24) is 9.88 Å². The van der Waals surface area contributed by atoms with E-state index in [4.69, 9.17) is 0 Å². The molecule has 1 aliphatic rings. The fraction of sp³-hybridized carbons (Fsp3) is 0.350. The van der Waals surface area contributed by atoms with Crippen LogP contribution >= 0.6 is 11.8 Å². The van der Waals surface area contributed by atoms with Crippen LogP contribution in [0.15, 0.2) is 48.1 Å². The Balaban J connectivity index is 1.66. The Morgan fingerprint density at radius 1 is 1.24 bits per heavy atom. The third kappa shape index (κ3) is 4.60. The number of hydrogen-bond acceptors (Lipinski definition) is 3. The second kappa shape index (κ2) is 8.00. The van der Waals surface area contributed by atoms with E-state index in [-0.39, 0.29) is 0 Å². The van der Waals surface area contributed by atoms with Crippen LogP contribution in [0, 0.1) is 17.6 Å². The predicted molar refractivity (Wildman–Crippen MR) is 99.2 cm³/mol. The molecule has 5 heteroatoms. The summed E-state index contributed by atoms with van der Waals surface area (Å²) in [6, 6.07) is 5.72. The molecule has 0 amide bonds. The van der Waals surface area contributed by atoms with Gasteiger partial charge in [0.2, 0.25) is 0 Å². The number of rotatable bonds is 5. The van der Waals surface area contributed by atoms with Crippen molar-refractivity contribution >= 4 is 17.5 Å². The number of halogens is 2. The predicted octanol–water partition coefficient (Wildman–Crippen LogP) is 5.35. The minimum Gasteiger partial charge on any atom is -0.371 e. The van der Waals surface area contributed by atoms with Gasteiger partial charge in [-0.2, -0.15) is 0 Å². The molecule has 1 aliphatic heterocycles. The van der Waals surface area contributed by atoms with Crippen LogP contribution < -0.4 is 0 Å². The highest BCUT2D eigenvalue weighted by Gasteiger charge is 2.18. The number of hydrogen-bond donors (Lipinski definition) is 0. The van der Waals surface area contributed by atoms with E-state index < -0.39 is 11.6 Å². The van der Waals surface area contributed by atoms with Gasteiger partial charge in [-0.05, 0) is 42.5 Å². The highest BCUT2D eigenvalue weighted by molar-refractivity contribution is 7.98. The molecule has 0 N–H and O–H groups in total. The maximum absolute atomic E-state index is 13.7. The first kappa shape index (κ1) is 17.9. The monoisotopic (exact) mass is 360 g/mol. The van der Waals surface area contributed by atoms with Gasteiger partial charge in [-0.15, -0.1) is 11.8 Å². The molecule has 1 aromatic carbocycles. The minimum atomic E-state index is -0.558. The molecular formula is C20H22F2N2S. The lowest BCUT2D eigenvalue weighted by molar-refractivity contribution is 0.268. The van der Waals surface area contributed by atoms with Crippen molar-refractivity contribution in [1.29, 1.82) is 0 Å². The molecule has 2 aromatic rings. The van der Waals surface area contributed by atoms with Gasteiger partial charge in [0.25, 0.3) is 0 Å². The van der Waals surface area contributed by atoms with Gasteiger partial charge in [-0.1, -0.05) is 13.5 Å². The standard InChI is InChI=1S/C20H22F2N2S/c1-14-5-7-24(8-6-14)15(2)17-9-16(11-23-12-17)13-25-20-4-3-18(21)10-19(20)22/h3-4,9-12,14H,2,5-8,13H2,1H3. The first-order chi connectivity index (χ1) is 12.0. The summed E-state index contributed by atoms with van der Waals surface area (Å²) >= 11 is 1.34. The van der Waals surface area contributed by atoms with Gasteiger partial charge < -0.3 is 4.90 Å². The van der Waals surface area contributed by atoms with E-state index in [1.165, 1.54) is 36.7 Å². The topological polar surface area (TPSA) is 16.1 Å². The zero-order chi connectivity index (χ0) is 17.8. The molecular weight excluding hydrogens is 338 g/mol. The Hall–Kier alpha value is -1.88. The number of piperidine rings is 1. The number of likely N-dealkylation sites (tertiary alicyclic amines) is 1. The molecule has 25 heavy (non-hydrogen) atoms. The quantitative estimate of drug-likeness (QED) is 0.668. The second-order valence-electron chi connectivity index (χ2n) is 6.56. The third-order valence-corrected chi connectivity index (χ3v) is 5.70.